The van der Waals surface area contributed by atoms with Gasteiger partial charge in [0.25, 0.3) is 0 Å². The molecule has 0 amide bonds. The first-order valence-corrected chi connectivity index (χ1v) is 13.1. The van der Waals surface area contributed by atoms with Gasteiger partial charge < -0.3 is 9.57 Å². The van der Waals surface area contributed by atoms with Crippen LogP contribution in [0.25, 0.3) is 6.08 Å². The quantitative estimate of drug-likeness (QED) is 0.147. The molecule has 0 aliphatic carbocycles. The largest absolute Gasteiger partial charge is 0.460 e. The number of hydrogen-bond acceptors (Lipinski definition) is 9. The van der Waals surface area contributed by atoms with Crippen molar-refractivity contribution in [2.75, 3.05) is 11.4 Å². The minimum absolute atomic E-state index is 0.0701. The summed E-state index contributed by atoms with van der Waals surface area (Å²) in [7, 11) is 0. The third-order valence-corrected chi connectivity index (χ3v) is 6.87. The number of benzene rings is 1. The summed E-state index contributed by atoms with van der Waals surface area (Å²) in [5.74, 6) is -0.592. The molecule has 9 nitrogen and oxygen atoms in total. The molecule has 10 heteroatoms. The predicted octanol–water partition coefficient (Wildman–Crippen LogP) is 5.18. The number of aryl methyl sites for hydroxylation is 1. The Bertz CT molecular complexity index is 1300. The molecule has 38 heavy (non-hydrogen) atoms. The minimum Gasteiger partial charge on any atom is -0.460 e. The lowest BCUT2D eigenvalue weighted by Gasteiger charge is -2.25. The number of hydroxylamine groups is 1. The fourth-order valence-electron chi connectivity index (χ4n) is 3.96. The van der Waals surface area contributed by atoms with Crippen molar-refractivity contribution in [3.05, 3.63) is 57.5 Å². The van der Waals surface area contributed by atoms with E-state index in [-0.39, 0.29) is 18.1 Å². The molecule has 2 heterocycles. The molecule has 0 unspecified atom stereocenters. The highest BCUT2D eigenvalue weighted by atomic mass is 32.1. The molecule has 1 aliphatic heterocycles. The molecule has 1 atom stereocenters. The number of aliphatic imine (C=N–C) groups is 1. The normalized spacial score (nSPS) is 15.7. The third kappa shape index (κ3) is 7.02. The Kier molecular flexibility index (Phi) is 9.01. The summed E-state index contributed by atoms with van der Waals surface area (Å²) in [6.45, 7) is 12.8. The summed E-state index contributed by atoms with van der Waals surface area (Å²) in [4.78, 5) is 35.9. The van der Waals surface area contributed by atoms with Crippen molar-refractivity contribution in [3.63, 3.8) is 0 Å². The van der Waals surface area contributed by atoms with Crippen molar-refractivity contribution in [2.45, 2.75) is 66.5 Å². The first kappa shape index (κ1) is 28.9. The number of hydrogen-bond donors (Lipinski definition) is 3. The second-order valence-electron chi connectivity index (χ2n) is 10.0. The number of carbonyl (C=O) groups is 2. The monoisotopic (exact) mass is 537 g/mol. The molecule has 2 aromatic rings. The summed E-state index contributed by atoms with van der Waals surface area (Å²) in [6, 6.07) is 7.00. The van der Waals surface area contributed by atoms with E-state index in [0.717, 1.165) is 32.1 Å². The van der Waals surface area contributed by atoms with E-state index in [1.807, 2.05) is 50.3 Å². The lowest BCUT2D eigenvalue weighted by atomic mass is 9.98. The summed E-state index contributed by atoms with van der Waals surface area (Å²) in [6.07, 6.45) is 3.64. The number of rotatable bonds is 7. The maximum absolute atomic E-state index is 12.8. The molecule has 1 aromatic heterocycles. The van der Waals surface area contributed by atoms with Crippen LogP contribution < -0.4 is 10.4 Å². The summed E-state index contributed by atoms with van der Waals surface area (Å²) in [5.41, 5.74) is 6.26. The highest BCUT2D eigenvalue weighted by molar-refractivity contribution is 7.17. The van der Waals surface area contributed by atoms with Crippen LogP contribution in [0.4, 0.5) is 5.00 Å². The van der Waals surface area contributed by atoms with Crippen LogP contribution >= 0.6 is 11.3 Å². The molecule has 1 aromatic carbocycles. The van der Waals surface area contributed by atoms with Crippen LogP contribution in [0.5, 0.6) is 0 Å². The summed E-state index contributed by atoms with van der Waals surface area (Å²) in [5, 5.41) is 18.2. The lowest BCUT2D eigenvalue weighted by Crippen LogP contribution is -2.41. The van der Waals surface area contributed by atoms with E-state index >= 15 is 0 Å². The molecule has 202 valence electrons. The van der Waals surface area contributed by atoms with Crippen molar-refractivity contribution in [1.82, 2.24) is 5.48 Å². The maximum atomic E-state index is 12.8. The van der Waals surface area contributed by atoms with Crippen molar-refractivity contribution in [3.8, 4) is 0 Å². The Morgan fingerprint density at radius 3 is 2.42 bits per heavy atom. The first-order chi connectivity index (χ1) is 17.8. The van der Waals surface area contributed by atoms with Crippen molar-refractivity contribution >= 4 is 51.7 Å². The second kappa shape index (κ2) is 11.8. The number of esters is 1. The van der Waals surface area contributed by atoms with E-state index < -0.39 is 23.6 Å². The number of nitrogens with zero attached hydrogens (tertiary/aromatic N) is 2. The van der Waals surface area contributed by atoms with E-state index in [2.05, 4.69) is 5.48 Å². The number of ether oxygens (including phenoxy) is 1. The van der Waals surface area contributed by atoms with Gasteiger partial charge in [0.05, 0.1) is 18.7 Å². The molecule has 1 aliphatic rings. The van der Waals surface area contributed by atoms with Gasteiger partial charge in [0, 0.05) is 22.9 Å². The Hall–Kier alpha value is -3.63. The first-order valence-electron chi connectivity index (χ1n) is 12.3. The van der Waals surface area contributed by atoms with Crippen LogP contribution in [0.1, 0.15) is 68.2 Å². The second-order valence-corrected chi connectivity index (χ2v) is 11.2. The van der Waals surface area contributed by atoms with Gasteiger partial charge in [0.15, 0.2) is 0 Å². The number of carbonyl (C=O) groups excluding carboxylic acids is 2. The Morgan fingerprint density at radius 2 is 1.84 bits per heavy atom. The number of fused-ring (bicyclic) bond motifs is 1. The van der Waals surface area contributed by atoms with Gasteiger partial charge in [-0.15, -0.1) is 16.8 Å². The highest BCUT2D eigenvalue weighted by Gasteiger charge is 2.35. The fraction of sp³-hybridized carbons (Fsp3) is 0.393. The van der Waals surface area contributed by atoms with E-state index in [0.29, 0.717) is 12.3 Å². The van der Waals surface area contributed by atoms with Gasteiger partial charge in [0.2, 0.25) is 0 Å². The van der Waals surface area contributed by atoms with E-state index in [4.69, 9.17) is 25.4 Å². The van der Waals surface area contributed by atoms with Gasteiger partial charge in [-0.25, -0.2) is 0 Å². The number of anilines is 1. The fourth-order valence-corrected chi connectivity index (χ4v) is 5.18. The molecular formula is C28H35N5O4S. The topological polar surface area (TPSA) is 128 Å². The zero-order valence-electron chi connectivity index (χ0n) is 22.9. The van der Waals surface area contributed by atoms with E-state index in [9.17, 15) is 9.59 Å². The standard InChI is InChI=1S/C28H35N5O4S/c1-16-17(2)38-27-24(16)25(21-12-10-20(11-13-21)9-8-14-31-37-19(4)34)32-22(26(30)33(27)18(3)29)15-23(35)36-28(5,6)7/h8-13,22,29-31H,14-15H2,1-7H3/b9-8+,29-18?,30-26?/t22-/m0/s1. The predicted molar refractivity (Wildman–Crippen MR) is 153 cm³/mol. The molecule has 3 N–H and O–H groups in total. The lowest BCUT2D eigenvalue weighted by molar-refractivity contribution is -0.155. The third-order valence-electron chi connectivity index (χ3n) is 5.68. The van der Waals surface area contributed by atoms with Crippen LogP contribution in [0.2, 0.25) is 0 Å². The smallest absolute Gasteiger partial charge is 0.321 e. The molecule has 3 rings (SSSR count). The molecule has 0 fully saturated rings. The molecule has 0 radical (unpaired) electrons. The Labute approximate surface area is 227 Å². The van der Waals surface area contributed by atoms with E-state index in [1.165, 1.54) is 18.3 Å². The van der Waals surface area contributed by atoms with Crippen molar-refractivity contribution in [2.24, 2.45) is 4.99 Å². The van der Waals surface area contributed by atoms with Gasteiger partial charge in [-0.1, -0.05) is 36.4 Å². The van der Waals surface area contributed by atoms with Gasteiger partial charge in [-0.2, -0.15) is 0 Å². The molecular weight excluding hydrogens is 502 g/mol. The van der Waals surface area contributed by atoms with Gasteiger partial charge in [-0.3, -0.25) is 30.3 Å². The van der Waals surface area contributed by atoms with Crippen molar-refractivity contribution < 1.29 is 19.2 Å². The highest BCUT2D eigenvalue weighted by Crippen LogP contribution is 2.40. The molecule has 0 saturated carbocycles. The molecule has 0 bridgehead atoms. The Morgan fingerprint density at radius 1 is 1.18 bits per heavy atom. The molecule has 0 spiro atoms. The van der Waals surface area contributed by atoms with Crippen LogP contribution in [-0.4, -0.2) is 47.5 Å². The van der Waals surface area contributed by atoms with Gasteiger partial charge in [-0.05, 0) is 52.7 Å². The zero-order valence-corrected chi connectivity index (χ0v) is 23.7. The average molecular weight is 538 g/mol. The summed E-state index contributed by atoms with van der Waals surface area (Å²) >= 11 is 1.51. The van der Waals surface area contributed by atoms with Crippen LogP contribution in [0, 0.1) is 24.7 Å². The van der Waals surface area contributed by atoms with Gasteiger partial charge >= 0.3 is 11.9 Å². The Balaban J connectivity index is 2.02. The number of nitrogens with one attached hydrogen (secondary N) is 3. The van der Waals surface area contributed by atoms with Crippen LogP contribution in [-0.2, 0) is 19.2 Å². The van der Waals surface area contributed by atoms with Crippen molar-refractivity contribution in [1.29, 1.82) is 10.8 Å². The average Bonchev–Trinajstić information content (AvgIpc) is 3.02. The number of thiophene rings is 1. The number of amidine groups is 2. The van der Waals surface area contributed by atoms with Crippen LogP contribution in [0.3, 0.4) is 0 Å². The molecule has 0 saturated heterocycles. The van der Waals surface area contributed by atoms with Gasteiger partial charge in [0.1, 0.15) is 28.3 Å². The van der Waals surface area contributed by atoms with Crippen LogP contribution in [0.15, 0.2) is 35.3 Å². The summed E-state index contributed by atoms with van der Waals surface area (Å²) < 4.78 is 5.54. The minimum atomic E-state index is -0.814. The SMILES string of the molecule is CC(=N)N1C(=N)[C@H](CC(=O)OC(C)(C)C)N=C(c2ccc(/C=C/CNOC(C)=O)cc2)c2c1sc(C)c2C. The maximum Gasteiger partial charge on any atom is 0.321 e. The van der Waals surface area contributed by atoms with E-state index in [1.54, 1.807) is 32.6 Å². The zero-order chi connectivity index (χ0) is 28.2.